The third kappa shape index (κ3) is 2.43. The summed E-state index contributed by atoms with van der Waals surface area (Å²) in [5.41, 5.74) is -1.74. The van der Waals surface area contributed by atoms with Gasteiger partial charge in [0.15, 0.2) is 11.6 Å². The van der Waals surface area contributed by atoms with E-state index in [2.05, 4.69) is 0 Å². The van der Waals surface area contributed by atoms with E-state index in [4.69, 9.17) is 11.6 Å². The van der Waals surface area contributed by atoms with Crippen LogP contribution in [0.15, 0.2) is 36.4 Å². The first-order chi connectivity index (χ1) is 10.7. The Morgan fingerprint density at radius 1 is 0.957 bits per heavy atom. The molecule has 0 aromatic heterocycles. The van der Waals surface area contributed by atoms with E-state index in [9.17, 15) is 27.2 Å². The van der Waals surface area contributed by atoms with Crippen LogP contribution in [0.5, 0.6) is 0 Å². The average molecular weight is 343 g/mol. The van der Waals surface area contributed by atoms with Crippen molar-refractivity contribution in [2.45, 2.75) is 12.1 Å². The Balaban J connectivity index is 2.19. The van der Waals surface area contributed by atoms with Crippen LogP contribution in [0, 0.1) is 5.82 Å². The molecule has 0 saturated carbocycles. The molecule has 0 spiro atoms. The first-order valence-corrected chi connectivity index (χ1v) is 6.83. The quantitative estimate of drug-likeness (QED) is 0.558. The molecule has 0 fully saturated rings. The van der Waals surface area contributed by atoms with Gasteiger partial charge in [-0.3, -0.25) is 9.59 Å². The predicted molar refractivity (Wildman–Crippen MR) is 74.3 cm³/mol. The van der Waals surface area contributed by atoms with Crippen LogP contribution in [0.25, 0.3) is 0 Å². The number of hydrogen-bond donors (Lipinski definition) is 0. The highest BCUT2D eigenvalue weighted by Crippen LogP contribution is 2.40. The van der Waals surface area contributed by atoms with Crippen molar-refractivity contribution in [3.05, 3.63) is 69.5 Å². The Morgan fingerprint density at radius 3 is 1.96 bits per heavy atom. The number of ketones is 2. The molecule has 0 saturated heterocycles. The monoisotopic (exact) mass is 342 g/mol. The van der Waals surface area contributed by atoms with Crippen LogP contribution in [-0.4, -0.2) is 11.6 Å². The number of Topliss-reactive ketones (excluding diaryl/α,β-unsaturated/α-hetero) is 2. The number of hydrogen-bond acceptors (Lipinski definition) is 2. The summed E-state index contributed by atoms with van der Waals surface area (Å²) in [5, 5.41) is -0.786. The molecular weight excluding hydrogens is 336 g/mol. The molecule has 1 aliphatic carbocycles. The van der Waals surface area contributed by atoms with Gasteiger partial charge in [-0.15, -0.1) is 0 Å². The molecular formula is C16H7ClF4O2. The zero-order valence-electron chi connectivity index (χ0n) is 11.2. The van der Waals surface area contributed by atoms with Gasteiger partial charge in [-0.05, 0) is 12.1 Å². The average Bonchev–Trinajstić information content (AvgIpc) is 2.73. The van der Waals surface area contributed by atoms with Crippen molar-refractivity contribution in [3.63, 3.8) is 0 Å². The maximum Gasteiger partial charge on any atom is 0.416 e. The molecule has 2 aromatic carbocycles. The fraction of sp³-hybridized carbons (Fsp3) is 0.125. The summed E-state index contributed by atoms with van der Waals surface area (Å²) < 4.78 is 52.8. The summed E-state index contributed by atoms with van der Waals surface area (Å²) in [4.78, 5) is 24.6. The first kappa shape index (κ1) is 15.7. The van der Waals surface area contributed by atoms with Gasteiger partial charge in [-0.25, -0.2) is 4.39 Å². The summed E-state index contributed by atoms with van der Waals surface area (Å²) in [6.45, 7) is 0. The van der Waals surface area contributed by atoms with Gasteiger partial charge in [0.05, 0.1) is 10.6 Å². The molecule has 0 aliphatic heterocycles. The number of carbonyl (C=O) groups excluding carboxylic acids is 2. The second kappa shape index (κ2) is 5.16. The molecule has 7 heteroatoms. The summed E-state index contributed by atoms with van der Waals surface area (Å²) in [6, 6.07) is 6.68. The van der Waals surface area contributed by atoms with Crippen LogP contribution >= 0.6 is 11.6 Å². The van der Waals surface area contributed by atoms with E-state index in [0.29, 0.717) is 12.1 Å². The van der Waals surface area contributed by atoms with Gasteiger partial charge < -0.3 is 0 Å². The minimum Gasteiger partial charge on any atom is -0.293 e. The van der Waals surface area contributed by atoms with E-state index in [1.54, 1.807) is 0 Å². The Morgan fingerprint density at radius 2 is 1.48 bits per heavy atom. The molecule has 0 atom stereocenters. The highest BCUT2D eigenvalue weighted by molar-refractivity contribution is 6.32. The summed E-state index contributed by atoms with van der Waals surface area (Å²) in [7, 11) is 0. The summed E-state index contributed by atoms with van der Waals surface area (Å²) >= 11 is 5.51. The second-order valence-electron chi connectivity index (χ2n) is 5.07. The van der Waals surface area contributed by atoms with Gasteiger partial charge in [0.1, 0.15) is 11.7 Å². The molecule has 0 unspecified atom stereocenters. The fourth-order valence-corrected chi connectivity index (χ4v) is 2.84. The lowest BCUT2D eigenvalue weighted by atomic mass is 9.92. The van der Waals surface area contributed by atoms with Crippen molar-refractivity contribution in [1.82, 2.24) is 0 Å². The third-order valence-electron chi connectivity index (χ3n) is 3.68. The second-order valence-corrected chi connectivity index (χ2v) is 5.47. The van der Waals surface area contributed by atoms with Gasteiger partial charge in [-0.2, -0.15) is 13.2 Å². The van der Waals surface area contributed by atoms with E-state index in [1.807, 2.05) is 0 Å². The van der Waals surface area contributed by atoms with Crippen molar-refractivity contribution in [3.8, 4) is 0 Å². The molecule has 2 aromatic rings. The number of benzene rings is 2. The lowest BCUT2D eigenvalue weighted by Gasteiger charge is -2.14. The van der Waals surface area contributed by atoms with Crippen LogP contribution < -0.4 is 0 Å². The lowest BCUT2D eigenvalue weighted by molar-refractivity contribution is -0.137. The molecule has 0 amide bonds. The molecule has 0 radical (unpaired) electrons. The van der Waals surface area contributed by atoms with Crippen LogP contribution in [-0.2, 0) is 6.18 Å². The topological polar surface area (TPSA) is 34.1 Å². The SMILES string of the molecule is O=C1c2ccccc2C(=O)C1c1cc(C(F)(F)F)cc(Cl)c1F. The molecule has 0 N–H and O–H groups in total. The Kier molecular flexibility index (Phi) is 3.52. The van der Waals surface area contributed by atoms with E-state index < -0.39 is 45.6 Å². The smallest absolute Gasteiger partial charge is 0.293 e. The first-order valence-electron chi connectivity index (χ1n) is 6.45. The summed E-state index contributed by atoms with van der Waals surface area (Å²) in [6.07, 6.45) is -4.77. The number of fused-ring (bicyclic) bond motifs is 1. The molecule has 23 heavy (non-hydrogen) atoms. The van der Waals surface area contributed by atoms with Crippen LogP contribution in [0.4, 0.5) is 17.6 Å². The molecule has 0 bridgehead atoms. The largest absolute Gasteiger partial charge is 0.416 e. The molecule has 2 nitrogen and oxygen atoms in total. The van der Waals surface area contributed by atoms with Gasteiger partial charge >= 0.3 is 6.18 Å². The molecule has 1 aliphatic rings. The standard InChI is InChI=1S/C16H7ClF4O2/c17-11-6-7(16(19,20)21)5-10(13(11)18)12-14(22)8-3-1-2-4-9(8)15(12)23/h1-6,12H. The maximum atomic E-state index is 14.2. The zero-order chi connectivity index (χ0) is 16.9. The molecule has 118 valence electrons. The highest BCUT2D eigenvalue weighted by atomic mass is 35.5. The lowest BCUT2D eigenvalue weighted by Crippen LogP contribution is -2.17. The minimum absolute atomic E-state index is 0.0652. The predicted octanol–water partition coefficient (Wildman–Crippen LogP) is 4.66. The number of rotatable bonds is 1. The van der Waals surface area contributed by atoms with E-state index in [0.717, 1.165) is 0 Å². The minimum atomic E-state index is -4.77. The van der Waals surface area contributed by atoms with E-state index >= 15 is 0 Å². The molecule has 0 heterocycles. The van der Waals surface area contributed by atoms with Gasteiger partial charge in [0, 0.05) is 16.7 Å². The van der Waals surface area contributed by atoms with Crippen molar-refractivity contribution in [1.29, 1.82) is 0 Å². The van der Waals surface area contributed by atoms with Crippen LogP contribution in [0.2, 0.25) is 5.02 Å². The zero-order valence-corrected chi connectivity index (χ0v) is 12.0. The van der Waals surface area contributed by atoms with E-state index in [-0.39, 0.29) is 11.1 Å². The number of alkyl halides is 3. The Hall–Kier alpha value is -2.21. The number of halogens is 5. The fourth-order valence-electron chi connectivity index (χ4n) is 2.61. The molecule has 3 rings (SSSR count). The van der Waals surface area contributed by atoms with Crippen molar-refractivity contribution in [2.75, 3.05) is 0 Å². The van der Waals surface area contributed by atoms with Crippen molar-refractivity contribution >= 4 is 23.2 Å². The Labute approximate surface area is 132 Å². The normalized spacial score (nSPS) is 15.2. The maximum absolute atomic E-state index is 14.2. The number of carbonyl (C=O) groups is 2. The van der Waals surface area contributed by atoms with Gasteiger partial charge in [-0.1, -0.05) is 35.9 Å². The van der Waals surface area contributed by atoms with Crippen LogP contribution in [0.3, 0.4) is 0 Å². The third-order valence-corrected chi connectivity index (χ3v) is 3.95. The van der Waals surface area contributed by atoms with E-state index in [1.165, 1.54) is 24.3 Å². The van der Waals surface area contributed by atoms with Gasteiger partial charge in [0.25, 0.3) is 0 Å². The van der Waals surface area contributed by atoms with Crippen LogP contribution in [0.1, 0.15) is 37.8 Å². The summed E-state index contributed by atoms with van der Waals surface area (Å²) in [5.74, 6) is -4.31. The van der Waals surface area contributed by atoms with Crippen molar-refractivity contribution in [2.24, 2.45) is 0 Å². The van der Waals surface area contributed by atoms with Crippen molar-refractivity contribution < 1.29 is 27.2 Å². The van der Waals surface area contributed by atoms with Gasteiger partial charge in [0.2, 0.25) is 0 Å². The Bertz CT molecular complexity index is 807. The highest BCUT2D eigenvalue weighted by Gasteiger charge is 2.42.